The van der Waals surface area contributed by atoms with Crippen molar-refractivity contribution in [2.45, 2.75) is 64.8 Å². The summed E-state index contributed by atoms with van der Waals surface area (Å²) in [6.07, 6.45) is 15.5. The summed E-state index contributed by atoms with van der Waals surface area (Å²) in [4.78, 5) is 0. The molecule has 1 aromatic rings. The van der Waals surface area contributed by atoms with Crippen molar-refractivity contribution < 1.29 is 4.57 Å². The number of hydrogen-bond donors (Lipinski definition) is 0. The minimum absolute atomic E-state index is 0. The van der Waals surface area contributed by atoms with Gasteiger partial charge in [0.2, 0.25) is 0 Å². The van der Waals surface area contributed by atoms with Gasteiger partial charge in [0.1, 0.15) is 6.54 Å². The van der Waals surface area contributed by atoms with Crippen molar-refractivity contribution in [3.63, 3.8) is 0 Å². The van der Waals surface area contributed by atoms with Crippen LogP contribution in [0.15, 0.2) is 30.6 Å². The lowest BCUT2D eigenvalue weighted by Crippen LogP contribution is -2.32. The highest BCUT2D eigenvalue weighted by Gasteiger charge is 1.97. The van der Waals surface area contributed by atoms with E-state index >= 15 is 0 Å². The average molecular weight is 463 g/mol. The second-order valence-corrected chi connectivity index (χ2v) is 4.59. The van der Waals surface area contributed by atoms with Crippen LogP contribution in [0.3, 0.4) is 0 Å². The molecular formula is C15H29Br3N+. The van der Waals surface area contributed by atoms with Gasteiger partial charge in [-0.3, -0.25) is 0 Å². The van der Waals surface area contributed by atoms with Gasteiger partial charge in [0.15, 0.2) is 12.4 Å². The normalized spacial score (nSPS) is 8.89. The largest absolute Gasteiger partial charge is 0.205 e. The number of rotatable bonds is 9. The number of hydrogen-bond acceptors (Lipinski definition) is 0. The van der Waals surface area contributed by atoms with Crippen LogP contribution in [-0.4, -0.2) is 0 Å². The van der Waals surface area contributed by atoms with E-state index < -0.39 is 0 Å². The number of aromatic nitrogens is 1. The lowest BCUT2D eigenvalue weighted by atomic mass is 10.1. The van der Waals surface area contributed by atoms with E-state index in [4.69, 9.17) is 0 Å². The summed E-state index contributed by atoms with van der Waals surface area (Å²) < 4.78 is 2.27. The Morgan fingerprint density at radius 3 is 1.63 bits per heavy atom. The highest BCUT2D eigenvalue weighted by atomic mass is 79.9. The van der Waals surface area contributed by atoms with Gasteiger partial charge in [-0.05, 0) is 6.42 Å². The van der Waals surface area contributed by atoms with E-state index in [1.807, 2.05) is 0 Å². The van der Waals surface area contributed by atoms with E-state index in [0.29, 0.717) is 0 Å². The molecule has 0 unspecified atom stereocenters. The van der Waals surface area contributed by atoms with Gasteiger partial charge in [-0.25, -0.2) is 4.57 Å². The van der Waals surface area contributed by atoms with Crippen molar-refractivity contribution >= 4 is 50.9 Å². The second kappa shape index (κ2) is 18.6. The third-order valence-corrected chi connectivity index (χ3v) is 3.05. The zero-order valence-corrected chi connectivity index (χ0v) is 17.1. The van der Waals surface area contributed by atoms with Crippen molar-refractivity contribution in [2.75, 3.05) is 0 Å². The Kier molecular flexibility index (Phi) is 24.1. The van der Waals surface area contributed by atoms with E-state index in [2.05, 4.69) is 42.1 Å². The molecule has 0 saturated heterocycles. The summed E-state index contributed by atoms with van der Waals surface area (Å²) in [6.45, 7) is 3.45. The van der Waals surface area contributed by atoms with E-state index in [1.165, 1.54) is 57.9 Å². The Labute approximate surface area is 150 Å². The second-order valence-electron chi connectivity index (χ2n) is 4.59. The maximum absolute atomic E-state index is 2.27. The number of pyridine rings is 1. The van der Waals surface area contributed by atoms with Crippen LogP contribution in [0, 0.1) is 0 Å². The first-order valence-corrected chi connectivity index (χ1v) is 6.87. The zero-order valence-electron chi connectivity index (χ0n) is 11.9. The summed E-state index contributed by atoms with van der Waals surface area (Å²) in [5.74, 6) is 0. The maximum Gasteiger partial charge on any atom is 0.168 e. The molecular weight excluding hydrogens is 434 g/mol. The molecule has 0 aliphatic carbocycles. The molecule has 0 aliphatic heterocycles. The van der Waals surface area contributed by atoms with Crippen LogP contribution in [0.5, 0.6) is 0 Å². The first-order valence-electron chi connectivity index (χ1n) is 6.87. The summed E-state index contributed by atoms with van der Waals surface area (Å²) in [5.41, 5.74) is 0. The molecule has 1 heterocycles. The van der Waals surface area contributed by atoms with Crippen molar-refractivity contribution in [1.82, 2.24) is 0 Å². The maximum atomic E-state index is 2.27. The lowest BCUT2D eigenvalue weighted by molar-refractivity contribution is -0.697. The third kappa shape index (κ3) is 14.8. The van der Waals surface area contributed by atoms with Crippen molar-refractivity contribution in [3.05, 3.63) is 30.6 Å². The fourth-order valence-corrected chi connectivity index (χ4v) is 2.01. The Balaban J connectivity index is -0.000000853. The predicted octanol–water partition coefficient (Wildman–Crippen LogP) is 5.85. The molecule has 0 N–H and O–H groups in total. The molecule has 0 aliphatic rings. The van der Waals surface area contributed by atoms with E-state index in [1.54, 1.807) is 0 Å². The Morgan fingerprint density at radius 2 is 1.11 bits per heavy atom. The molecule has 0 aromatic carbocycles. The van der Waals surface area contributed by atoms with Crippen LogP contribution in [0.1, 0.15) is 58.3 Å². The topological polar surface area (TPSA) is 3.88 Å². The van der Waals surface area contributed by atoms with Crippen LogP contribution in [0.2, 0.25) is 0 Å². The average Bonchev–Trinajstić information content (AvgIpc) is 2.34. The van der Waals surface area contributed by atoms with Gasteiger partial charge in [-0.15, -0.1) is 50.9 Å². The quantitative estimate of drug-likeness (QED) is 0.320. The molecule has 0 radical (unpaired) electrons. The standard InChI is InChI=1S/C15H26N.3BrH/c1-2-3-4-5-6-7-8-10-13-16-14-11-9-12-15-16;;;/h9,11-12,14-15H,2-8,10,13H2,1H3;3*1H/q+1;;;. The highest BCUT2D eigenvalue weighted by molar-refractivity contribution is 8.93. The molecule has 0 atom stereocenters. The molecule has 0 amide bonds. The van der Waals surface area contributed by atoms with Gasteiger partial charge in [0.05, 0.1) is 0 Å². The molecule has 19 heavy (non-hydrogen) atoms. The van der Waals surface area contributed by atoms with Gasteiger partial charge in [0, 0.05) is 18.6 Å². The Hall–Kier alpha value is 0.590. The first-order chi connectivity index (χ1) is 7.93. The van der Waals surface area contributed by atoms with Gasteiger partial charge < -0.3 is 0 Å². The van der Waals surface area contributed by atoms with E-state index in [0.717, 1.165) is 0 Å². The predicted molar refractivity (Wildman–Crippen MR) is 100 cm³/mol. The minimum atomic E-state index is 0. The first kappa shape index (κ1) is 24.6. The van der Waals surface area contributed by atoms with Crippen molar-refractivity contribution in [3.8, 4) is 0 Å². The Bertz CT molecular complexity index is 255. The van der Waals surface area contributed by atoms with Crippen LogP contribution in [0.25, 0.3) is 0 Å². The SMILES string of the molecule is Br.Br.Br.CCCCCCCCCC[n+]1ccccc1. The molecule has 0 fully saturated rings. The van der Waals surface area contributed by atoms with Crippen LogP contribution >= 0.6 is 50.9 Å². The summed E-state index contributed by atoms with van der Waals surface area (Å²) in [5, 5.41) is 0. The molecule has 1 nitrogen and oxygen atoms in total. The molecule has 4 heteroatoms. The monoisotopic (exact) mass is 460 g/mol. The molecule has 0 saturated carbocycles. The van der Waals surface area contributed by atoms with Gasteiger partial charge in [-0.1, -0.05) is 51.5 Å². The summed E-state index contributed by atoms with van der Waals surface area (Å²) >= 11 is 0. The summed E-state index contributed by atoms with van der Waals surface area (Å²) in [6, 6.07) is 6.28. The van der Waals surface area contributed by atoms with Crippen LogP contribution in [0.4, 0.5) is 0 Å². The molecule has 0 bridgehead atoms. The van der Waals surface area contributed by atoms with Gasteiger partial charge in [0.25, 0.3) is 0 Å². The van der Waals surface area contributed by atoms with Crippen LogP contribution < -0.4 is 4.57 Å². The zero-order chi connectivity index (χ0) is 11.5. The molecule has 0 spiro atoms. The molecule has 1 rings (SSSR count). The highest BCUT2D eigenvalue weighted by Crippen LogP contribution is 2.08. The number of aryl methyl sites for hydroxylation is 1. The smallest absolute Gasteiger partial charge is 0.168 e. The number of unbranched alkanes of at least 4 members (excludes halogenated alkanes) is 7. The summed E-state index contributed by atoms with van der Waals surface area (Å²) in [7, 11) is 0. The number of nitrogens with zero attached hydrogens (tertiary/aromatic N) is 1. The van der Waals surface area contributed by atoms with E-state index in [-0.39, 0.29) is 50.9 Å². The van der Waals surface area contributed by atoms with Crippen molar-refractivity contribution in [1.29, 1.82) is 0 Å². The Morgan fingerprint density at radius 1 is 0.632 bits per heavy atom. The van der Waals surface area contributed by atoms with Gasteiger partial charge >= 0.3 is 0 Å². The molecule has 1 aromatic heterocycles. The van der Waals surface area contributed by atoms with Crippen LogP contribution in [-0.2, 0) is 6.54 Å². The number of halogens is 3. The van der Waals surface area contributed by atoms with Gasteiger partial charge in [-0.2, -0.15) is 0 Å². The van der Waals surface area contributed by atoms with E-state index in [9.17, 15) is 0 Å². The third-order valence-electron chi connectivity index (χ3n) is 3.05. The lowest BCUT2D eigenvalue weighted by Gasteiger charge is -2.00. The molecule has 114 valence electrons. The fraction of sp³-hybridized carbons (Fsp3) is 0.667. The van der Waals surface area contributed by atoms with Crippen molar-refractivity contribution in [2.24, 2.45) is 0 Å². The fourth-order valence-electron chi connectivity index (χ4n) is 2.01. The minimum Gasteiger partial charge on any atom is -0.205 e.